The number of nitrogens with zero attached hydrogens (tertiary/aromatic N) is 2. The van der Waals surface area contributed by atoms with Crippen molar-refractivity contribution < 1.29 is 4.52 Å². The molecule has 1 aliphatic rings. The van der Waals surface area contributed by atoms with Crippen molar-refractivity contribution >= 4 is 0 Å². The molecule has 0 saturated heterocycles. The molecule has 3 rings (SSSR count). The van der Waals surface area contributed by atoms with Crippen molar-refractivity contribution in [3.8, 4) is 0 Å². The Morgan fingerprint density at radius 1 is 1.20 bits per heavy atom. The van der Waals surface area contributed by atoms with Crippen LogP contribution in [0.3, 0.4) is 0 Å². The van der Waals surface area contributed by atoms with Crippen molar-refractivity contribution in [3.05, 3.63) is 47.1 Å². The fourth-order valence-electron chi connectivity index (χ4n) is 2.65. The molecule has 0 unspecified atom stereocenters. The Morgan fingerprint density at radius 2 is 1.80 bits per heavy atom. The van der Waals surface area contributed by atoms with E-state index in [2.05, 4.69) is 55.2 Å². The van der Waals surface area contributed by atoms with Crippen LogP contribution in [-0.2, 0) is 12.8 Å². The third-order valence-corrected chi connectivity index (χ3v) is 4.07. The van der Waals surface area contributed by atoms with Gasteiger partial charge in [0.05, 0.1) is 6.04 Å². The topological polar surface area (TPSA) is 64.9 Å². The van der Waals surface area contributed by atoms with Gasteiger partial charge in [-0.2, -0.15) is 4.98 Å². The molecule has 1 aliphatic carbocycles. The van der Waals surface area contributed by atoms with Crippen LogP contribution in [0.1, 0.15) is 55.6 Å². The molecule has 0 amide bonds. The normalized spacial score (nSPS) is 17.2. The molecule has 0 aliphatic heterocycles. The zero-order chi connectivity index (χ0) is 14.3. The van der Waals surface area contributed by atoms with E-state index < -0.39 is 0 Å². The van der Waals surface area contributed by atoms with E-state index in [1.54, 1.807) is 0 Å². The van der Waals surface area contributed by atoms with E-state index in [4.69, 9.17) is 10.3 Å². The standard InChI is InChI=1S/C16H21N3O/c1-16(2,3)13(17)15-18-14(19-20-15)12-8-10-6-4-5-7-11(10)9-12/h4-7,12-13H,8-9,17H2,1-3H3/t13-/m1/s1. The maximum Gasteiger partial charge on any atom is 0.244 e. The number of hydrogen-bond acceptors (Lipinski definition) is 4. The van der Waals surface area contributed by atoms with Crippen LogP contribution in [0, 0.1) is 5.41 Å². The van der Waals surface area contributed by atoms with E-state index in [1.165, 1.54) is 11.1 Å². The molecule has 2 aromatic rings. The molecule has 0 saturated carbocycles. The highest BCUT2D eigenvalue weighted by molar-refractivity contribution is 5.34. The molecule has 0 fully saturated rings. The largest absolute Gasteiger partial charge is 0.338 e. The summed E-state index contributed by atoms with van der Waals surface area (Å²) in [5.41, 5.74) is 8.88. The lowest BCUT2D eigenvalue weighted by Gasteiger charge is -2.23. The Morgan fingerprint density at radius 3 is 2.35 bits per heavy atom. The molecule has 0 bridgehead atoms. The molecule has 4 heteroatoms. The first-order valence-electron chi connectivity index (χ1n) is 7.11. The predicted molar refractivity (Wildman–Crippen MR) is 77.3 cm³/mol. The minimum Gasteiger partial charge on any atom is -0.338 e. The molecule has 0 spiro atoms. The Bertz CT molecular complexity index is 587. The lowest BCUT2D eigenvalue weighted by Crippen LogP contribution is -2.26. The van der Waals surface area contributed by atoms with Gasteiger partial charge in [0, 0.05) is 5.92 Å². The van der Waals surface area contributed by atoms with Gasteiger partial charge in [-0.1, -0.05) is 50.2 Å². The third kappa shape index (κ3) is 2.36. The van der Waals surface area contributed by atoms with Crippen molar-refractivity contribution in [1.29, 1.82) is 0 Å². The molecule has 106 valence electrons. The molecule has 1 aromatic heterocycles. The summed E-state index contributed by atoms with van der Waals surface area (Å²) >= 11 is 0. The second kappa shape index (κ2) is 4.70. The first-order chi connectivity index (χ1) is 9.45. The van der Waals surface area contributed by atoms with Crippen molar-refractivity contribution in [2.45, 2.75) is 45.6 Å². The average molecular weight is 271 g/mol. The van der Waals surface area contributed by atoms with Crippen LogP contribution in [0.15, 0.2) is 28.8 Å². The number of benzene rings is 1. The summed E-state index contributed by atoms with van der Waals surface area (Å²) in [5, 5.41) is 4.15. The van der Waals surface area contributed by atoms with Crippen LogP contribution in [0.25, 0.3) is 0 Å². The number of rotatable bonds is 2. The molecule has 2 N–H and O–H groups in total. The van der Waals surface area contributed by atoms with E-state index >= 15 is 0 Å². The van der Waals surface area contributed by atoms with Gasteiger partial charge < -0.3 is 10.3 Å². The third-order valence-electron chi connectivity index (χ3n) is 4.07. The van der Waals surface area contributed by atoms with Gasteiger partial charge >= 0.3 is 0 Å². The molecule has 4 nitrogen and oxygen atoms in total. The summed E-state index contributed by atoms with van der Waals surface area (Å²) in [7, 11) is 0. The minimum atomic E-state index is -0.229. The van der Waals surface area contributed by atoms with Gasteiger partial charge in [0.15, 0.2) is 5.82 Å². The molecule has 0 radical (unpaired) electrons. The molecule has 1 heterocycles. The highest BCUT2D eigenvalue weighted by Gasteiger charge is 2.31. The summed E-state index contributed by atoms with van der Waals surface area (Å²) in [4.78, 5) is 4.54. The number of hydrogen-bond donors (Lipinski definition) is 1. The maximum absolute atomic E-state index is 6.17. The first kappa shape index (κ1) is 13.3. The lowest BCUT2D eigenvalue weighted by atomic mass is 9.87. The average Bonchev–Trinajstić information content (AvgIpc) is 3.03. The highest BCUT2D eigenvalue weighted by atomic mass is 16.5. The second-order valence-electron chi connectivity index (χ2n) is 6.71. The SMILES string of the molecule is CC(C)(C)[C@H](N)c1nc(C2Cc3ccccc3C2)no1. The quantitative estimate of drug-likeness (QED) is 0.912. The smallest absolute Gasteiger partial charge is 0.244 e. The van der Waals surface area contributed by atoms with Crippen LogP contribution in [0.5, 0.6) is 0 Å². The summed E-state index contributed by atoms with van der Waals surface area (Å²) in [6, 6.07) is 8.29. The monoisotopic (exact) mass is 271 g/mol. The van der Waals surface area contributed by atoms with Crippen LogP contribution in [0.2, 0.25) is 0 Å². The van der Waals surface area contributed by atoms with Crippen molar-refractivity contribution in [3.63, 3.8) is 0 Å². The number of fused-ring (bicyclic) bond motifs is 1. The summed E-state index contributed by atoms with van der Waals surface area (Å²) in [5.74, 6) is 1.65. The van der Waals surface area contributed by atoms with E-state index in [-0.39, 0.29) is 11.5 Å². The van der Waals surface area contributed by atoms with Gasteiger partial charge in [-0.05, 0) is 29.4 Å². The zero-order valence-corrected chi connectivity index (χ0v) is 12.3. The number of nitrogens with two attached hydrogens (primary N) is 1. The summed E-state index contributed by atoms with van der Waals surface area (Å²) in [6.45, 7) is 6.23. The Hall–Kier alpha value is -1.68. The van der Waals surface area contributed by atoms with Crippen LogP contribution in [0.4, 0.5) is 0 Å². The van der Waals surface area contributed by atoms with Gasteiger partial charge in [0.1, 0.15) is 0 Å². The van der Waals surface area contributed by atoms with Crippen LogP contribution < -0.4 is 5.73 Å². The molecule has 1 aromatic carbocycles. The van der Waals surface area contributed by atoms with Gasteiger partial charge in [-0.25, -0.2) is 0 Å². The Balaban J connectivity index is 1.80. The van der Waals surface area contributed by atoms with Gasteiger partial charge in [-0.15, -0.1) is 0 Å². The first-order valence-corrected chi connectivity index (χ1v) is 7.11. The molecule has 20 heavy (non-hydrogen) atoms. The Kier molecular flexibility index (Phi) is 3.13. The van der Waals surface area contributed by atoms with Crippen molar-refractivity contribution in [1.82, 2.24) is 10.1 Å². The van der Waals surface area contributed by atoms with Gasteiger partial charge in [0.25, 0.3) is 0 Å². The van der Waals surface area contributed by atoms with Gasteiger partial charge in [-0.3, -0.25) is 0 Å². The molecular weight excluding hydrogens is 250 g/mol. The summed E-state index contributed by atoms with van der Waals surface area (Å²) < 4.78 is 5.38. The summed E-state index contributed by atoms with van der Waals surface area (Å²) in [6.07, 6.45) is 1.97. The van der Waals surface area contributed by atoms with Crippen LogP contribution in [-0.4, -0.2) is 10.1 Å². The predicted octanol–water partition coefficient (Wildman–Crippen LogP) is 3.00. The molecule has 1 atom stereocenters. The van der Waals surface area contributed by atoms with E-state index in [0.29, 0.717) is 11.8 Å². The van der Waals surface area contributed by atoms with Crippen molar-refractivity contribution in [2.24, 2.45) is 11.1 Å². The fraction of sp³-hybridized carbons (Fsp3) is 0.500. The van der Waals surface area contributed by atoms with Crippen LogP contribution >= 0.6 is 0 Å². The maximum atomic E-state index is 6.17. The fourth-order valence-corrected chi connectivity index (χ4v) is 2.65. The molecular formula is C16H21N3O. The van der Waals surface area contributed by atoms with E-state index in [9.17, 15) is 0 Å². The van der Waals surface area contributed by atoms with E-state index in [0.717, 1.165) is 18.7 Å². The van der Waals surface area contributed by atoms with Gasteiger partial charge in [0.2, 0.25) is 5.89 Å². The van der Waals surface area contributed by atoms with E-state index in [1.807, 2.05) is 0 Å². The van der Waals surface area contributed by atoms with Crippen molar-refractivity contribution in [2.75, 3.05) is 0 Å². The zero-order valence-electron chi connectivity index (χ0n) is 12.3. The lowest BCUT2D eigenvalue weighted by molar-refractivity contribution is 0.252. The number of aromatic nitrogens is 2. The highest BCUT2D eigenvalue weighted by Crippen LogP contribution is 2.34. The Labute approximate surface area is 119 Å². The second-order valence-corrected chi connectivity index (χ2v) is 6.71. The minimum absolute atomic E-state index is 0.0809.